The van der Waals surface area contributed by atoms with Gasteiger partial charge in [-0.2, -0.15) is 0 Å². The maximum Gasteiger partial charge on any atom is 0.323 e. The van der Waals surface area contributed by atoms with Crippen LogP contribution in [0.5, 0.6) is 11.5 Å². The lowest BCUT2D eigenvalue weighted by Crippen LogP contribution is -2.17. The van der Waals surface area contributed by atoms with Crippen LogP contribution in [0.3, 0.4) is 0 Å². The molecular formula is C48H60O4. The third kappa shape index (κ3) is 7.36. The summed E-state index contributed by atoms with van der Waals surface area (Å²) in [5, 5.41) is 0. The number of carbonyl (C=O) groups excluding carboxylic acids is 2. The molecule has 2 aliphatic rings. The molecule has 0 bridgehead atoms. The summed E-state index contributed by atoms with van der Waals surface area (Å²) >= 11 is 0. The van der Waals surface area contributed by atoms with E-state index in [9.17, 15) is 9.59 Å². The summed E-state index contributed by atoms with van der Waals surface area (Å²) in [4.78, 5) is 25.8. The van der Waals surface area contributed by atoms with Gasteiger partial charge in [0.05, 0.1) is 0 Å². The number of carbonyl (C=O) groups is 2. The molecule has 4 aromatic rings. The topological polar surface area (TPSA) is 52.6 Å². The van der Waals surface area contributed by atoms with Crippen molar-refractivity contribution in [3.63, 3.8) is 0 Å². The van der Waals surface area contributed by atoms with Crippen LogP contribution in [0.1, 0.15) is 162 Å². The van der Waals surface area contributed by atoms with Crippen LogP contribution in [0.2, 0.25) is 0 Å². The van der Waals surface area contributed by atoms with Crippen LogP contribution < -0.4 is 9.47 Å². The minimum absolute atomic E-state index is 0.00681. The second-order valence-corrected chi connectivity index (χ2v) is 19.2. The number of ether oxygens (including phenoxy) is 2. The van der Waals surface area contributed by atoms with Crippen molar-refractivity contribution in [3.8, 4) is 11.5 Å². The van der Waals surface area contributed by atoms with Gasteiger partial charge in [-0.25, -0.2) is 0 Å². The van der Waals surface area contributed by atoms with Crippen molar-refractivity contribution in [2.24, 2.45) is 0 Å². The van der Waals surface area contributed by atoms with E-state index < -0.39 is 0 Å². The minimum atomic E-state index is -0.340. The van der Waals surface area contributed by atoms with Gasteiger partial charge >= 0.3 is 11.9 Å². The van der Waals surface area contributed by atoms with Crippen LogP contribution in [0, 0.1) is 27.7 Å². The first-order valence-electron chi connectivity index (χ1n) is 18.8. The molecule has 4 heteroatoms. The fourth-order valence-corrected chi connectivity index (χ4v) is 7.27. The summed E-state index contributed by atoms with van der Waals surface area (Å²) in [7, 11) is 0. The predicted octanol–water partition coefficient (Wildman–Crippen LogP) is 11.9. The van der Waals surface area contributed by atoms with E-state index >= 15 is 0 Å². The van der Waals surface area contributed by atoms with Crippen LogP contribution in [-0.4, -0.2) is 11.9 Å². The van der Waals surface area contributed by atoms with E-state index in [1.165, 1.54) is 33.4 Å². The lowest BCUT2D eigenvalue weighted by Gasteiger charge is -2.27. The van der Waals surface area contributed by atoms with Crippen LogP contribution in [0.25, 0.3) is 0 Å². The molecule has 2 atom stereocenters. The first kappa shape index (κ1) is 39.0. The highest BCUT2D eigenvalue weighted by molar-refractivity contribution is 5.92. The van der Waals surface area contributed by atoms with Crippen LogP contribution in [0.15, 0.2) is 60.7 Å². The third-order valence-corrected chi connectivity index (χ3v) is 11.0. The summed E-state index contributed by atoms with van der Waals surface area (Å²) in [5.74, 6) is 0.528. The molecule has 4 aromatic carbocycles. The molecule has 4 nitrogen and oxygen atoms in total. The molecule has 0 fully saturated rings. The molecule has 0 radical (unpaired) electrons. The lowest BCUT2D eigenvalue weighted by molar-refractivity contribution is -0.134. The van der Waals surface area contributed by atoms with Gasteiger partial charge in [-0.15, -0.1) is 0 Å². The molecule has 6 rings (SSSR count). The largest absolute Gasteiger partial charge is 0.425 e. The smallest absolute Gasteiger partial charge is 0.323 e. The quantitative estimate of drug-likeness (QED) is 0.154. The third-order valence-electron chi connectivity index (χ3n) is 11.0. The molecule has 0 amide bonds. The zero-order valence-electron chi connectivity index (χ0n) is 34.6. The van der Waals surface area contributed by atoms with E-state index in [4.69, 9.17) is 9.47 Å². The summed E-state index contributed by atoms with van der Waals surface area (Å²) in [6.07, 6.45) is 0. The predicted molar refractivity (Wildman–Crippen MR) is 214 cm³/mol. The van der Waals surface area contributed by atoms with Crippen molar-refractivity contribution in [3.05, 3.63) is 127 Å². The van der Waals surface area contributed by atoms with Gasteiger partial charge in [0.1, 0.15) is 23.3 Å². The number of aryl methyl sites for hydroxylation is 2. The molecular weight excluding hydrogens is 641 g/mol. The highest BCUT2D eigenvalue weighted by Gasteiger charge is 2.41. The number of esters is 2. The van der Waals surface area contributed by atoms with Crippen molar-refractivity contribution in [1.82, 2.24) is 0 Å². The molecule has 0 N–H and O–H groups in total. The highest BCUT2D eigenvalue weighted by Crippen LogP contribution is 2.49. The number of fused-ring (bicyclic) bond motifs is 2. The Labute approximate surface area is 313 Å². The van der Waals surface area contributed by atoms with Crippen molar-refractivity contribution in [2.75, 3.05) is 0 Å². The summed E-state index contributed by atoms with van der Waals surface area (Å²) in [6, 6.07) is 21.2. The van der Waals surface area contributed by atoms with Crippen molar-refractivity contribution >= 4 is 11.9 Å². The standard InChI is InChI=1S/2C24H30O2/c2*1-14-10-9-11-17(15(14)2)20-18-12-16(23(3,4)5)13-19(24(6,7)8)21(18)26-22(20)25/h2*9-13,20H,1-8H3. The lowest BCUT2D eigenvalue weighted by atomic mass is 9.77. The van der Waals surface area contributed by atoms with E-state index in [0.717, 1.165) is 44.9 Å². The normalized spacial score (nSPS) is 17.2. The van der Waals surface area contributed by atoms with Crippen LogP contribution >= 0.6 is 0 Å². The summed E-state index contributed by atoms with van der Waals surface area (Å²) in [6.45, 7) is 34.7. The Balaban J connectivity index is 0.000000201. The summed E-state index contributed by atoms with van der Waals surface area (Å²) in [5.41, 5.74) is 13.4. The molecule has 0 saturated carbocycles. The summed E-state index contributed by atoms with van der Waals surface area (Å²) < 4.78 is 11.7. The highest BCUT2D eigenvalue weighted by atomic mass is 16.5. The van der Waals surface area contributed by atoms with Crippen molar-refractivity contribution < 1.29 is 19.1 Å². The molecule has 0 saturated heterocycles. The minimum Gasteiger partial charge on any atom is -0.425 e. The van der Waals surface area contributed by atoms with Gasteiger partial charge in [0, 0.05) is 22.3 Å². The van der Waals surface area contributed by atoms with Crippen LogP contribution in [-0.2, 0) is 31.2 Å². The molecule has 0 spiro atoms. The fourth-order valence-electron chi connectivity index (χ4n) is 7.27. The van der Waals surface area contributed by atoms with Gasteiger partial charge in [0.25, 0.3) is 0 Å². The Morgan fingerprint density at radius 2 is 0.769 bits per heavy atom. The number of hydrogen-bond acceptors (Lipinski definition) is 4. The second-order valence-electron chi connectivity index (χ2n) is 19.2. The SMILES string of the molecule is Cc1cccc(C2C(=O)Oc3c2cc(C(C)(C)C)cc3C(C)(C)C)c1C.Cc1cccc(C2C(=O)Oc3c2cc(C(C)(C)C)cc3C(C)(C)C)c1C. The molecule has 2 unspecified atom stereocenters. The van der Waals surface area contributed by atoms with Gasteiger partial charge < -0.3 is 9.47 Å². The van der Waals surface area contributed by atoms with Gasteiger partial charge in [-0.05, 0) is 93.9 Å². The number of benzene rings is 4. The number of hydrogen-bond donors (Lipinski definition) is 0. The zero-order valence-corrected chi connectivity index (χ0v) is 34.6. The number of rotatable bonds is 2. The van der Waals surface area contributed by atoms with E-state index in [1.807, 2.05) is 12.1 Å². The van der Waals surface area contributed by atoms with Crippen molar-refractivity contribution in [1.29, 1.82) is 0 Å². The van der Waals surface area contributed by atoms with Gasteiger partial charge in [0.2, 0.25) is 0 Å². The van der Waals surface area contributed by atoms with E-state index in [-0.39, 0.29) is 45.4 Å². The molecule has 2 heterocycles. The van der Waals surface area contributed by atoms with Gasteiger partial charge in [-0.1, -0.05) is 144 Å². The van der Waals surface area contributed by atoms with E-state index in [1.54, 1.807) is 0 Å². The Kier molecular flexibility index (Phi) is 10.0. The molecule has 276 valence electrons. The molecule has 52 heavy (non-hydrogen) atoms. The Morgan fingerprint density at radius 3 is 1.06 bits per heavy atom. The Bertz CT molecular complexity index is 1900. The first-order chi connectivity index (χ1) is 23.8. The zero-order chi connectivity index (χ0) is 38.9. The van der Waals surface area contributed by atoms with Crippen molar-refractivity contribution in [2.45, 2.75) is 144 Å². The maximum absolute atomic E-state index is 12.9. The molecule has 2 aliphatic heterocycles. The monoisotopic (exact) mass is 700 g/mol. The average Bonchev–Trinajstić information content (AvgIpc) is 3.52. The second kappa shape index (κ2) is 13.3. The Morgan fingerprint density at radius 1 is 0.442 bits per heavy atom. The first-order valence-corrected chi connectivity index (χ1v) is 18.8. The maximum atomic E-state index is 12.9. The van der Waals surface area contributed by atoms with Crippen LogP contribution in [0.4, 0.5) is 0 Å². The molecule has 0 aromatic heterocycles. The Hall–Kier alpha value is -4.18. The van der Waals surface area contributed by atoms with Gasteiger partial charge in [-0.3, -0.25) is 9.59 Å². The fraction of sp³-hybridized carbons (Fsp3) is 0.458. The van der Waals surface area contributed by atoms with E-state index in [0.29, 0.717) is 0 Å². The van der Waals surface area contributed by atoms with Gasteiger partial charge in [0.15, 0.2) is 0 Å². The average molecular weight is 701 g/mol. The molecule has 0 aliphatic carbocycles. The van der Waals surface area contributed by atoms with E-state index in [2.05, 4.69) is 159 Å².